The summed E-state index contributed by atoms with van der Waals surface area (Å²) < 4.78 is 22.5. The van der Waals surface area contributed by atoms with Crippen molar-refractivity contribution in [2.75, 3.05) is 26.9 Å². The number of ether oxygens (including phenoxy) is 4. The summed E-state index contributed by atoms with van der Waals surface area (Å²) in [5.74, 6) is 0.811. The highest BCUT2D eigenvalue weighted by atomic mass is 16.7. The minimum atomic E-state index is -0.362. The molecule has 1 aromatic carbocycles. The van der Waals surface area contributed by atoms with Crippen molar-refractivity contribution >= 4 is 0 Å². The number of hydrogen-bond acceptors (Lipinski definition) is 5. The summed E-state index contributed by atoms with van der Waals surface area (Å²) in [6, 6.07) is 10.0. The van der Waals surface area contributed by atoms with Gasteiger partial charge in [-0.3, -0.25) is 0 Å². The van der Waals surface area contributed by atoms with Crippen molar-refractivity contribution in [3.63, 3.8) is 0 Å². The molecule has 0 radical (unpaired) electrons. The van der Waals surface area contributed by atoms with E-state index in [0.29, 0.717) is 19.8 Å². The van der Waals surface area contributed by atoms with Crippen LogP contribution >= 0.6 is 0 Å². The summed E-state index contributed by atoms with van der Waals surface area (Å²) in [6.45, 7) is 1.67. The summed E-state index contributed by atoms with van der Waals surface area (Å²) in [6.07, 6.45) is 2.36. The molecule has 118 valence electrons. The van der Waals surface area contributed by atoms with Gasteiger partial charge in [0.2, 0.25) is 0 Å². The third-order valence-corrected chi connectivity index (χ3v) is 4.19. The Kier molecular flexibility index (Phi) is 4.63. The van der Waals surface area contributed by atoms with E-state index in [2.05, 4.69) is 6.07 Å². The van der Waals surface area contributed by atoms with Gasteiger partial charge in [0.05, 0.1) is 44.5 Å². The van der Waals surface area contributed by atoms with Crippen molar-refractivity contribution in [3.05, 3.63) is 29.8 Å². The van der Waals surface area contributed by atoms with Gasteiger partial charge in [0.15, 0.2) is 6.29 Å². The molecule has 2 fully saturated rings. The number of methoxy groups -OCH3 is 1. The second-order valence-corrected chi connectivity index (χ2v) is 5.93. The first kappa shape index (κ1) is 15.3. The molecule has 2 aliphatic rings. The van der Waals surface area contributed by atoms with Gasteiger partial charge in [0.25, 0.3) is 0 Å². The van der Waals surface area contributed by atoms with Gasteiger partial charge in [0, 0.05) is 5.56 Å². The topological polar surface area (TPSA) is 60.7 Å². The van der Waals surface area contributed by atoms with Crippen molar-refractivity contribution in [3.8, 4) is 11.8 Å². The Bertz CT molecular complexity index is 533. The van der Waals surface area contributed by atoms with Crippen LogP contribution in [0.4, 0.5) is 0 Å². The van der Waals surface area contributed by atoms with Gasteiger partial charge in [-0.15, -0.1) is 0 Å². The van der Waals surface area contributed by atoms with Gasteiger partial charge in [-0.1, -0.05) is 12.1 Å². The zero-order chi connectivity index (χ0) is 15.4. The first-order chi connectivity index (χ1) is 10.7. The molecule has 1 aliphatic heterocycles. The van der Waals surface area contributed by atoms with Gasteiger partial charge in [0.1, 0.15) is 5.75 Å². The van der Waals surface area contributed by atoms with E-state index >= 15 is 0 Å². The first-order valence-electron chi connectivity index (χ1n) is 7.65. The van der Waals surface area contributed by atoms with Crippen LogP contribution in [0.3, 0.4) is 0 Å². The van der Waals surface area contributed by atoms with Crippen molar-refractivity contribution in [1.29, 1.82) is 5.26 Å². The molecule has 0 N–H and O–H groups in total. The average Bonchev–Trinajstić information content (AvgIpc) is 3.36. The molecule has 3 rings (SSSR count). The van der Waals surface area contributed by atoms with Gasteiger partial charge < -0.3 is 18.9 Å². The Labute approximate surface area is 130 Å². The first-order valence-corrected chi connectivity index (χ1v) is 7.65. The lowest BCUT2D eigenvalue weighted by Gasteiger charge is -2.30. The van der Waals surface area contributed by atoms with E-state index in [1.54, 1.807) is 7.11 Å². The fraction of sp³-hybridized carbons (Fsp3) is 0.588. The second kappa shape index (κ2) is 6.66. The average molecular weight is 303 g/mol. The van der Waals surface area contributed by atoms with E-state index in [4.69, 9.17) is 24.2 Å². The van der Waals surface area contributed by atoms with E-state index in [1.807, 2.05) is 24.3 Å². The zero-order valence-electron chi connectivity index (χ0n) is 12.8. The Hall–Kier alpha value is -1.61. The van der Waals surface area contributed by atoms with E-state index in [0.717, 1.165) is 30.6 Å². The lowest BCUT2D eigenvalue weighted by molar-refractivity contribution is -0.228. The zero-order valence-corrected chi connectivity index (χ0v) is 12.8. The Morgan fingerprint density at radius 2 is 2.09 bits per heavy atom. The highest BCUT2D eigenvalue weighted by Gasteiger charge is 2.43. The summed E-state index contributed by atoms with van der Waals surface area (Å²) in [4.78, 5) is 0. The van der Waals surface area contributed by atoms with Crippen molar-refractivity contribution < 1.29 is 18.9 Å². The third kappa shape index (κ3) is 3.58. The molecule has 0 spiro atoms. The largest absolute Gasteiger partial charge is 0.497 e. The standard InChI is InChI=1S/C17H21NO4/c1-19-14-4-2-13(3-5-14)16-21-9-6-15(22-16)10-20-12-17(11-18)7-8-17/h2-5,15-16H,6-10,12H2,1H3. The maximum absolute atomic E-state index is 9.04. The molecule has 0 amide bonds. The van der Waals surface area contributed by atoms with Crippen LogP contribution in [0.5, 0.6) is 5.75 Å². The maximum atomic E-state index is 9.04. The SMILES string of the molecule is COc1ccc(C2OCCC(COCC3(C#N)CC3)O2)cc1. The van der Waals surface area contributed by atoms with Crippen LogP contribution in [0.1, 0.15) is 31.1 Å². The molecular weight excluding hydrogens is 282 g/mol. The Morgan fingerprint density at radius 1 is 1.32 bits per heavy atom. The predicted octanol–water partition coefficient (Wildman–Crippen LogP) is 2.82. The third-order valence-electron chi connectivity index (χ3n) is 4.19. The molecule has 1 heterocycles. The number of rotatable bonds is 6. The number of nitrogens with zero attached hydrogens (tertiary/aromatic N) is 1. The predicted molar refractivity (Wildman–Crippen MR) is 79.3 cm³/mol. The molecule has 1 aliphatic carbocycles. The molecule has 0 aromatic heterocycles. The summed E-state index contributed by atoms with van der Waals surface area (Å²) in [5.41, 5.74) is 0.752. The van der Waals surface area contributed by atoms with Crippen LogP contribution in [0, 0.1) is 16.7 Å². The molecule has 1 saturated heterocycles. The highest BCUT2D eigenvalue weighted by molar-refractivity contribution is 5.27. The molecule has 1 aromatic rings. The Balaban J connectivity index is 1.49. The van der Waals surface area contributed by atoms with Gasteiger partial charge in [-0.2, -0.15) is 5.26 Å². The van der Waals surface area contributed by atoms with E-state index in [9.17, 15) is 0 Å². The van der Waals surface area contributed by atoms with Crippen molar-refractivity contribution in [1.82, 2.24) is 0 Å². The Morgan fingerprint density at radius 3 is 2.73 bits per heavy atom. The van der Waals surface area contributed by atoms with E-state index < -0.39 is 0 Å². The minimum Gasteiger partial charge on any atom is -0.497 e. The number of nitriles is 1. The highest BCUT2D eigenvalue weighted by Crippen LogP contribution is 2.45. The number of benzene rings is 1. The molecule has 2 atom stereocenters. The molecule has 5 nitrogen and oxygen atoms in total. The quantitative estimate of drug-likeness (QED) is 0.808. The minimum absolute atomic E-state index is 0.00958. The fourth-order valence-corrected chi connectivity index (χ4v) is 2.47. The summed E-state index contributed by atoms with van der Waals surface area (Å²) in [5, 5.41) is 9.04. The van der Waals surface area contributed by atoms with Crippen LogP contribution in [-0.2, 0) is 14.2 Å². The molecule has 5 heteroatoms. The molecule has 1 saturated carbocycles. The van der Waals surface area contributed by atoms with Crippen LogP contribution in [0.15, 0.2) is 24.3 Å². The summed E-state index contributed by atoms with van der Waals surface area (Å²) in [7, 11) is 1.64. The lowest BCUT2D eigenvalue weighted by Crippen LogP contribution is -2.31. The van der Waals surface area contributed by atoms with Crippen molar-refractivity contribution in [2.45, 2.75) is 31.7 Å². The molecule has 0 bridgehead atoms. The molecule has 2 unspecified atom stereocenters. The maximum Gasteiger partial charge on any atom is 0.184 e. The van der Waals surface area contributed by atoms with Gasteiger partial charge in [-0.25, -0.2) is 0 Å². The van der Waals surface area contributed by atoms with Gasteiger partial charge in [-0.05, 0) is 31.4 Å². The van der Waals surface area contributed by atoms with Crippen LogP contribution in [0.2, 0.25) is 0 Å². The lowest BCUT2D eigenvalue weighted by atomic mass is 10.1. The van der Waals surface area contributed by atoms with Crippen LogP contribution in [0.25, 0.3) is 0 Å². The fourth-order valence-electron chi connectivity index (χ4n) is 2.47. The smallest absolute Gasteiger partial charge is 0.184 e. The molecule has 22 heavy (non-hydrogen) atoms. The van der Waals surface area contributed by atoms with Crippen molar-refractivity contribution in [2.24, 2.45) is 5.41 Å². The normalized spacial score (nSPS) is 26.2. The van der Waals surface area contributed by atoms with Crippen LogP contribution < -0.4 is 4.74 Å². The monoisotopic (exact) mass is 303 g/mol. The van der Waals surface area contributed by atoms with Gasteiger partial charge >= 0.3 is 0 Å². The second-order valence-electron chi connectivity index (χ2n) is 5.93. The molecular formula is C17H21NO4. The summed E-state index contributed by atoms with van der Waals surface area (Å²) >= 11 is 0. The van der Waals surface area contributed by atoms with E-state index in [-0.39, 0.29) is 17.8 Å². The van der Waals surface area contributed by atoms with Crippen LogP contribution in [-0.4, -0.2) is 33.0 Å². The number of hydrogen-bond donors (Lipinski definition) is 0. The van der Waals surface area contributed by atoms with E-state index in [1.165, 1.54) is 0 Å².